The largest absolute Gasteiger partial charge is 0.123 e. The first-order valence-corrected chi connectivity index (χ1v) is 6.52. The predicted molar refractivity (Wildman–Crippen MR) is 64.8 cm³/mol. The second kappa shape index (κ2) is 4.88. The van der Waals surface area contributed by atoms with Gasteiger partial charge in [0.1, 0.15) is 0 Å². The van der Waals surface area contributed by atoms with Crippen molar-refractivity contribution in [3.8, 4) is 0 Å². The van der Waals surface area contributed by atoms with Crippen molar-refractivity contribution in [2.24, 2.45) is 17.3 Å². The minimum Gasteiger partial charge on any atom is -0.123 e. The fourth-order valence-corrected chi connectivity index (χ4v) is 3.62. The molecule has 14 heavy (non-hydrogen) atoms. The van der Waals surface area contributed by atoms with Crippen LogP contribution in [0.5, 0.6) is 0 Å². The van der Waals surface area contributed by atoms with E-state index in [1.54, 1.807) is 0 Å². The minimum absolute atomic E-state index is 0.419. The molecule has 1 heteroatoms. The van der Waals surface area contributed by atoms with Gasteiger partial charge in [-0.2, -0.15) is 0 Å². The number of halogens is 1. The third kappa shape index (κ3) is 3.46. The summed E-state index contributed by atoms with van der Waals surface area (Å²) < 4.78 is 0. The van der Waals surface area contributed by atoms with Crippen LogP contribution in [-0.4, -0.2) is 5.38 Å². The summed E-state index contributed by atoms with van der Waals surface area (Å²) >= 11 is 6.45. The van der Waals surface area contributed by atoms with Crippen LogP contribution in [0.1, 0.15) is 59.8 Å². The molecule has 1 rings (SSSR count). The third-order valence-corrected chi connectivity index (χ3v) is 4.07. The van der Waals surface area contributed by atoms with Gasteiger partial charge in [-0.3, -0.25) is 0 Å². The average Bonchev–Trinajstić information content (AvgIpc) is 2.00. The van der Waals surface area contributed by atoms with E-state index in [0.29, 0.717) is 10.8 Å². The fourth-order valence-electron chi connectivity index (χ4n) is 3.21. The molecular weight excluding hydrogens is 192 g/mol. The smallest absolute Gasteiger partial charge is 0.0364 e. The normalized spacial score (nSPS) is 34.1. The SMILES string of the molecule is CCCC(Cl)C1CC(C)CC(C)(C)C1. The highest BCUT2D eigenvalue weighted by atomic mass is 35.5. The Morgan fingerprint density at radius 2 is 2.00 bits per heavy atom. The minimum atomic E-state index is 0.419. The highest BCUT2D eigenvalue weighted by molar-refractivity contribution is 6.20. The van der Waals surface area contributed by atoms with Gasteiger partial charge in [0.25, 0.3) is 0 Å². The van der Waals surface area contributed by atoms with E-state index in [4.69, 9.17) is 11.6 Å². The zero-order valence-corrected chi connectivity index (χ0v) is 10.9. The molecule has 0 aromatic heterocycles. The quantitative estimate of drug-likeness (QED) is 0.592. The van der Waals surface area contributed by atoms with Gasteiger partial charge >= 0.3 is 0 Å². The molecule has 1 fully saturated rings. The van der Waals surface area contributed by atoms with Crippen LogP contribution in [0.15, 0.2) is 0 Å². The summed E-state index contributed by atoms with van der Waals surface area (Å²) in [7, 11) is 0. The zero-order chi connectivity index (χ0) is 10.8. The highest BCUT2D eigenvalue weighted by Gasteiger charge is 2.34. The zero-order valence-electron chi connectivity index (χ0n) is 10.1. The molecule has 1 aliphatic carbocycles. The summed E-state index contributed by atoms with van der Waals surface area (Å²) in [5.41, 5.74) is 0.517. The molecule has 1 saturated carbocycles. The third-order valence-electron chi connectivity index (χ3n) is 3.50. The summed E-state index contributed by atoms with van der Waals surface area (Å²) in [6.07, 6.45) is 6.46. The van der Waals surface area contributed by atoms with Gasteiger partial charge in [-0.15, -0.1) is 11.6 Å². The Bertz CT molecular complexity index is 174. The van der Waals surface area contributed by atoms with E-state index >= 15 is 0 Å². The summed E-state index contributed by atoms with van der Waals surface area (Å²) in [5.74, 6) is 1.62. The average molecular weight is 217 g/mol. The van der Waals surface area contributed by atoms with E-state index in [9.17, 15) is 0 Å². The van der Waals surface area contributed by atoms with Gasteiger partial charge in [-0.05, 0) is 42.9 Å². The fraction of sp³-hybridized carbons (Fsp3) is 1.00. The molecule has 0 aliphatic heterocycles. The van der Waals surface area contributed by atoms with Crippen molar-refractivity contribution in [1.82, 2.24) is 0 Å². The second-order valence-corrected chi connectivity index (χ2v) is 6.54. The maximum absolute atomic E-state index is 6.45. The van der Waals surface area contributed by atoms with Crippen LogP contribution in [0.2, 0.25) is 0 Å². The van der Waals surface area contributed by atoms with Crippen molar-refractivity contribution in [1.29, 1.82) is 0 Å². The number of hydrogen-bond acceptors (Lipinski definition) is 0. The van der Waals surface area contributed by atoms with Gasteiger partial charge in [-0.25, -0.2) is 0 Å². The summed E-state index contributed by atoms with van der Waals surface area (Å²) in [6, 6.07) is 0. The van der Waals surface area contributed by atoms with Crippen molar-refractivity contribution in [2.75, 3.05) is 0 Å². The van der Waals surface area contributed by atoms with E-state index in [1.807, 2.05) is 0 Å². The molecule has 1 aliphatic rings. The van der Waals surface area contributed by atoms with Crippen LogP contribution >= 0.6 is 11.6 Å². The van der Waals surface area contributed by atoms with Gasteiger partial charge in [0.05, 0.1) is 0 Å². The molecule has 0 radical (unpaired) electrons. The summed E-state index contributed by atoms with van der Waals surface area (Å²) in [6.45, 7) is 9.40. The second-order valence-electron chi connectivity index (χ2n) is 5.98. The van der Waals surface area contributed by atoms with Gasteiger partial charge in [0, 0.05) is 5.38 Å². The molecular formula is C13H25Cl. The van der Waals surface area contributed by atoms with Crippen molar-refractivity contribution in [3.63, 3.8) is 0 Å². The van der Waals surface area contributed by atoms with Crippen LogP contribution in [-0.2, 0) is 0 Å². The van der Waals surface area contributed by atoms with Crippen LogP contribution < -0.4 is 0 Å². The van der Waals surface area contributed by atoms with Crippen molar-refractivity contribution < 1.29 is 0 Å². The Hall–Kier alpha value is 0.290. The highest BCUT2D eigenvalue weighted by Crippen LogP contribution is 2.44. The Balaban J connectivity index is 2.53. The molecule has 3 atom stereocenters. The van der Waals surface area contributed by atoms with Gasteiger partial charge in [0.15, 0.2) is 0 Å². The topological polar surface area (TPSA) is 0 Å². The molecule has 0 amide bonds. The van der Waals surface area contributed by atoms with E-state index in [2.05, 4.69) is 27.7 Å². The summed E-state index contributed by atoms with van der Waals surface area (Å²) in [4.78, 5) is 0. The predicted octanol–water partition coefficient (Wildman–Crippen LogP) is 4.86. The lowest BCUT2D eigenvalue weighted by Crippen LogP contribution is -2.32. The molecule has 0 N–H and O–H groups in total. The lowest BCUT2D eigenvalue weighted by molar-refractivity contribution is 0.128. The molecule has 0 aromatic rings. The van der Waals surface area contributed by atoms with Gasteiger partial charge < -0.3 is 0 Å². The Morgan fingerprint density at radius 3 is 2.50 bits per heavy atom. The van der Waals surface area contributed by atoms with Crippen molar-refractivity contribution in [2.45, 2.75) is 65.2 Å². The van der Waals surface area contributed by atoms with Crippen LogP contribution in [0.4, 0.5) is 0 Å². The molecule has 0 saturated heterocycles. The molecule has 0 heterocycles. The van der Waals surface area contributed by atoms with Crippen molar-refractivity contribution >= 4 is 11.6 Å². The van der Waals surface area contributed by atoms with E-state index in [0.717, 1.165) is 11.8 Å². The lowest BCUT2D eigenvalue weighted by atomic mass is 9.67. The molecule has 0 aromatic carbocycles. The number of hydrogen-bond donors (Lipinski definition) is 0. The van der Waals surface area contributed by atoms with E-state index in [1.165, 1.54) is 32.1 Å². The molecule has 0 spiro atoms. The Kier molecular flexibility index (Phi) is 4.30. The van der Waals surface area contributed by atoms with Gasteiger partial charge in [0.2, 0.25) is 0 Å². The number of alkyl halides is 1. The first-order valence-electron chi connectivity index (χ1n) is 6.08. The Labute approximate surface area is 94.4 Å². The first kappa shape index (κ1) is 12.4. The van der Waals surface area contributed by atoms with E-state index in [-0.39, 0.29) is 0 Å². The Morgan fingerprint density at radius 1 is 1.36 bits per heavy atom. The van der Waals surface area contributed by atoms with Crippen LogP contribution in [0.3, 0.4) is 0 Å². The first-order chi connectivity index (χ1) is 6.44. The van der Waals surface area contributed by atoms with E-state index < -0.39 is 0 Å². The van der Waals surface area contributed by atoms with Crippen molar-refractivity contribution in [3.05, 3.63) is 0 Å². The maximum atomic E-state index is 6.45. The monoisotopic (exact) mass is 216 g/mol. The molecule has 0 nitrogen and oxygen atoms in total. The van der Waals surface area contributed by atoms with Gasteiger partial charge in [-0.1, -0.05) is 34.1 Å². The standard InChI is InChI=1S/C13H25Cl/c1-5-6-12(14)11-7-10(2)8-13(3,4)9-11/h10-12H,5-9H2,1-4H3. The van der Waals surface area contributed by atoms with Crippen LogP contribution in [0.25, 0.3) is 0 Å². The van der Waals surface area contributed by atoms with Crippen LogP contribution in [0, 0.1) is 17.3 Å². The lowest BCUT2D eigenvalue weighted by Gasteiger charge is -2.40. The summed E-state index contributed by atoms with van der Waals surface area (Å²) in [5, 5.41) is 0.419. The number of rotatable bonds is 3. The molecule has 0 bridgehead atoms. The molecule has 3 unspecified atom stereocenters. The maximum Gasteiger partial charge on any atom is 0.0364 e. The molecule has 84 valence electrons.